The molecule has 0 radical (unpaired) electrons. The van der Waals surface area contributed by atoms with Crippen LogP contribution in [0.5, 0.6) is 0 Å². The van der Waals surface area contributed by atoms with Crippen LogP contribution in [0, 0.1) is 5.92 Å². The Bertz CT molecular complexity index is 417. The number of hydrogen-bond donors (Lipinski definition) is 1. The van der Waals surface area contributed by atoms with Crippen molar-refractivity contribution in [2.45, 2.75) is 58.5 Å². The summed E-state index contributed by atoms with van der Waals surface area (Å²) < 4.78 is 0. The lowest BCUT2D eigenvalue weighted by Crippen LogP contribution is -2.48. The molecule has 2 rings (SSSR count). The van der Waals surface area contributed by atoms with Crippen molar-refractivity contribution in [2.24, 2.45) is 5.92 Å². The van der Waals surface area contributed by atoms with Gasteiger partial charge in [-0.3, -0.25) is 4.90 Å². The van der Waals surface area contributed by atoms with Gasteiger partial charge in [0.05, 0.1) is 5.54 Å². The Morgan fingerprint density at radius 1 is 1.33 bits per heavy atom. The first-order valence-electron chi connectivity index (χ1n) is 8.59. The highest BCUT2D eigenvalue weighted by Gasteiger charge is 2.33. The molecule has 0 amide bonds. The lowest BCUT2D eigenvalue weighted by atomic mass is 9.91. The van der Waals surface area contributed by atoms with Gasteiger partial charge in [0.15, 0.2) is 0 Å². The fraction of sp³-hybridized carbons (Fsp3) is 0.684. The molecule has 1 aliphatic rings. The van der Waals surface area contributed by atoms with E-state index in [4.69, 9.17) is 0 Å². The van der Waals surface area contributed by atoms with E-state index in [0.29, 0.717) is 6.04 Å². The van der Waals surface area contributed by atoms with E-state index in [1.807, 2.05) is 0 Å². The summed E-state index contributed by atoms with van der Waals surface area (Å²) in [6.45, 7) is 12.9. The lowest BCUT2D eigenvalue weighted by molar-refractivity contribution is 0.149. The Morgan fingerprint density at radius 2 is 2.05 bits per heavy atom. The van der Waals surface area contributed by atoms with Crippen LogP contribution >= 0.6 is 0 Å². The third-order valence-electron chi connectivity index (χ3n) is 4.96. The molecular formula is C19H32N2. The van der Waals surface area contributed by atoms with Crippen molar-refractivity contribution in [1.29, 1.82) is 0 Å². The van der Waals surface area contributed by atoms with Gasteiger partial charge in [0.2, 0.25) is 0 Å². The van der Waals surface area contributed by atoms with E-state index in [1.165, 1.54) is 31.4 Å². The van der Waals surface area contributed by atoms with Crippen molar-refractivity contribution in [1.82, 2.24) is 10.2 Å². The second kappa shape index (κ2) is 7.42. The fourth-order valence-corrected chi connectivity index (χ4v) is 3.59. The van der Waals surface area contributed by atoms with Crippen LogP contribution in [-0.2, 0) is 5.54 Å². The molecule has 21 heavy (non-hydrogen) atoms. The van der Waals surface area contributed by atoms with Gasteiger partial charge in [-0.25, -0.2) is 0 Å². The molecule has 1 aliphatic heterocycles. The van der Waals surface area contributed by atoms with Crippen molar-refractivity contribution in [3.63, 3.8) is 0 Å². The summed E-state index contributed by atoms with van der Waals surface area (Å²) in [5.41, 5.74) is 1.48. The second-order valence-corrected chi connectivity index (χ2v) is 7.09. The Hall–Kier alpha value is -0.860. The van der Waals surface area contributed by atoms with Crippen LogP contribution in [0.4, 0.5) is 0 Å². The predicted octanol–water partition coefficient (Wildman–Crippen LogP) is 4.02. The summed E-state index contributed by atoms with van der Waals surface area (Å²) >= 11 is 0. The Balaban J connectivity index is 2.13. The molecule has 2 nitrogen and oxygen atoms in total. The van der Waals surface area contributed by atoms with Gasteiger partial charge >= 0.3 is 0 Å². The van der Waals surface area contributed by atoms with Crippen LogP contribution in [0.1, 0.15) is 52.5 Å². The molecule has 1 fully saturated rings. The Labute approximate surface area is 130 Å². The zero-order chi connectivity index (χ0) is 15.3. The molecular weight excluding hydrogens is 256 g/mol. The van der Waals surface area contributed by atoms with Crippen LogP contribution in [0.15, 0.2) is 30.3 Å². The molecule has 1 saturated heterocycles. The van der Waals surface area contributed by atoms with Gasteiger partial charge in [0.1, 0.15) is 0 Å². The molecule has 3 unspecified atom stereocenters. The van der Waals surface area contributed by atoms with Crippen LogP contribution in [0.3, 0.4) is 0 Å². The minimum absolute atomic E-state index is 0.0674. The van der Waals surface area contributed by atoms with Crippen molar-refractivity contribution >= 4 is 0 Å². The largest absolute Gasteiger partial charge is 0.306 e. The molecule has 0 bridgehead atoms. The maximum Gasteiger partial charge on any atom is 0.0535 e. The molecule has 1 heterocycles. The highest BCUT2D eigenvalue weighted by Crippen LogP contribution is 2.27. The average molecular weight is 288 g/mol. The number of rotatable bonds is 5. The first-order chi connectivity index (χ1) is 10.0. The lowest BCUT2D eigenvalue weighted by Gasteiger charge is -2.37. The van der Waals surface area contributed by atoms with E-state index in [0.717, 1.165) is 19.0 Å². The summed E-state index contributed by atoms with van der Waals surface area (Å²) in [7, 11) is 0. The molecule has 0 saturated carbocycles. The van der Waals surface area contributed by atoms with Crippen LogP contribution in [0.25, 0.3) is 0 Å². The predicted molar refractivity (Wildman–Crippen MR) is 91.5 cm³/mol. The minimum Gasteiger partial charge on any atom is -0.306 e. The normalized spacial score (nSPS) is 29.0. The fourth-order valence-electron chi connectivity index (χ4n) is 3.59. The molecule has 1 N–H and O–H groups in total. The maximum atomic E-state index is 3.80. The minimum atomic E-state index is 0.0674. The van der Waals surface area contributed by atoms with Gasteiger partial charge in [-0.05, 0) is 44.7 Å². The van der Waals surface area contributed by atoms with Crippen molar-refractivity contribution < 1.29 is 0 Å². The maximum absolute atomic E-state index is 3.80. The van der Waals surface area contributed by atoms with Gasteiger partial charge in [0.25, 0.3) is 0 Å². The zero-order valence-electron chi connectivity index (χ0n) is 14.2. The zero-order valence-corrected chi connectivity index (χ0v) is 14.2. The number of benzene rings is 1. The van der Waals surface area contributed by atoms with Gasteiger partial charge in [-0.2, -0.15) is 0 Å². The third kappa shape index (κ3) is 4.31. The van der Waals surface area contributed by atoms with E-state index < -0.39 is 0 Å². The Morgan fingerprint density at radius 3 is 2.71 bits per heavy atom. The molecule has 3 atom stereocenters. The molecule has 1 aromatic rings. The molecule has 118 valence electrons. The van der Waals surface area contributed by atoms with Crippen molar-refractivity contribution in [3.05, 3.63) is 35.9 Å². The van der Waals surface area contributed by atoms with E-state index in [9.17, 15) is 0 Å². The summed E-state index contributed by atoms with van der Waals surface area (Å²) in [5, 5.41) is 3.80. The van der Waals surface area contributed by atoms with Crippen LogP contribution < -0.4 is 5.32 Å². The second-order valence-electron chi connectivity index (χ2n) is 7.09. The molecule has 0 aromatic heterocycles. The summed E-state index contributed by atoms with van der Waals surface area (Å²) in [4.78, 5) is 2.70. The topological polar surface area (TPSA) is 15.3 Å². The molecule has 0 spiro atoms. The third-order valence-corrected chi connectivity index (χ3v) is 4.96. The van der Waals surface area contributed by atoms with Gasteiger partial charge in [-0.1, -0.05) is 50.6 Å². The van der Waals surface area contributed by atoms with E-state index >= 15 is 0 Å². The number of nitrogens with one attached hydrogen (secondary N) is 1. The summed E-state index contributed by atoms with van der Waals surface area (Å²) in [6.07, 6.45) is 3.86. The van der Waals surface area contributed by atoms with E-state index in [1.54, 1.807) is 0 Å². The summed E-state index contributed by atoms with van der Waals surface area (Å²) in [5.74, 6) is 0.788. The average Bonchev–Trinajstić information content (AvgIpc) is 2.61. The SMILES string of the molecule is CCCC(C)CN1CC(C)(c2ccccc2)NCCC1C. The van der Waals surface area contributed by atoms with Crippen LogP contribution in [0.2, 0.25) is 0 Å². The molecule has 2 heteroatoms. The van der Waals surface area contributed by atoms with E-state index in [2.05, 4.69) is 68.2 Å². The van der Waals surface area contributed by atoms with Crippen molar-refractivity contribution in [3.8, 4) is 0 Å². The number of nitrogens with zero attached hydrogens (tertiary/aromatic N) is 1. The van der Waals surface area contributed by atoms with Crippen molar-refractivity contribution in [2.75, 3.05) is 19.6 Å². The quantitative estimate of drug-likeness (QED) is 0.880. The number of hydrogen-bond acceptors (Lipinski definition) is 2. The molecule has 1 aromatic carbocycles. The highest BCUT2D eigenvalue weighted by atomic mass is 15.2. The van der Waals surface area contributed by atoms with Gasteiger partial charge in [0, 0.05) is 19.1 Å². The smallest absolute Gasteiger partial charge is 0.0535 e. The highest BCUT2D eigenvalue weighted by molar-refractivity contribution is 5.24. The standard InChI is InChI=1S/C19H32N2/c1-5-9-16(2)14-21-15-19(4,20-13-12-17(21)3)18-10-7-6-8-11-18/h6-8,10-11,16-17,20H,5,9,12-15H2,1-4H3. The first kappa shape index (κ1) is 16.5. The van der Waals surface area contributed by atoms with Crippen LogP contribution in [-0.4, -0.2) is 30.6 Å². The van der Waals surface area contributed by atoms with Gasteiger partial charge in [-0.15, -0.1) is 0 Å². The first-order valence-corrected chi connectivity index (χ1v) is 8.59. The Kier molecular flexibility index (Phi) is 5.83. The molecule has 0 aliphatic carbocycles. The summed E-state index contributed by atoms with van der Waals surface area (Å²) in [6, 6.07) is 11.6. The monoisotopic (exact) mass is 288 g/mol. The van der Waals surface area contributed by atoms with E-state index in [-0.39, 0.29) is 5.54 Å². The van der Waals surface area contributed by atoms with Gasteiger partial charge < -0.3 is 5.32 Å².